The van der Waals surface area contributed by atoms with Crippen molar-refractivity contribution in [3.05, 3.63) is 11.7 Å². The average Bonchev–Trinajstić information content (AvgIpc) is 2.75. The summed E-state index contributed by atoms with van der Waals surface area (Å²) in [5, 5.41) is 3.68. The summed E-state index contributed by atoms with van der Waals surface area (Å²) < 4.78 is 4.80. The van der Waals surface area contributed by atoms with Crippen LogP contribution in [-0.2, 0) is 16.0 Å². The third-order valence-electron chi connectivity index (χ3n) is 2.70. The molecule has 0 N–H and O–H groups in total. The monoisotopic (exact) mass is 238 g/mol. The van der Waals surface area contributed by atoms with Crippen molar-refractivity contribution in [1.82, 2.24) is 19.9 Å². The van der Waals surface area contributed by atoms with Crippen LogP contribution in [0.15, 0.2) is 4.52 Å². The molecule has 1 aliphatic rings. The van der Waals surface area contributed by atoms with Gasteiger partial charge in [0.1, 0.15) is 0 Å². The molecule has 0 saturated carbocycles. The van der Waals surface area contributed by atoms with Crippen molar-refractivity contribution in [2.24, 2.45) is 0 Å². The first-order valence-electron chi connectivity index (χ1n) is 5.45. The second-order valence-electron chi connectivity index (χ2n) is 3.93. The van der Waals surface area contributed by atoms with Crippen molar-refractivity contribution in [2.45, 2.75) is 13.3 Å². The Balaban J connectivity index is 1.87. The molecule has 1 fully saturated rings. The topological polar surface area (TPSA) is 79.5 Å². The number of amides is 2. The lowest BCUT2D eigenvalue weighted by Crippen LogP contribution is -2.48. The molecule has 92 valence electrons. The van der Waals surface area contributed by atoms with E-state index in [0.29, 0.717) is 37.9 Å². The van der Waals surface area contributed by atoms with Gasteiger partial charge < -0.3 is 14.3 Å². The quantitative estimate of drug-likeness (QED) is 0.645. The van der Waals surface area contributed by atoms with E-state index in [-0.39, 0.29) is 12.3 Å². The summed E-state index contributed by atoms with van der Waals surface area (Å²) in [5.74, 6) is 0.834. The zero-order chi connectivity index (χ0) is 12.3. The van der Waals surface area contributed by atoms with E-state index in [1.165, 1.54) is 0 Å². The third kappa shape index (κ3) is 2.80. The van der Waals surface area contributed by atoms with E-state index >= 15 is 0 Å². The zero-order valence-electron chi connectivity index (χ0n) is 9.63. The number of carbonyl (C=O) groups is 2. The molecule has 1 aromatic heterocycles. The summed E-state index contributed by atoms with van der Waals surface area (Å²) >= 11 is 0. The van der Waals surface area contributed by atoms with E-state index in [9.17, 15) is 9.59 Å². The highest BCUT2D eigenvalue weighted by Crippen LogP contribution is 2.04. The SMILES string of the molecule is Cc1nc(CC(=O)N2CCN(C=O)CC2)no1. The van der Waals surface area contributed by atoms with Crippen LogP contribution in [0.4, 0.5) is 0 Å². The van der Waals surface area contributed by atoms with E-state index in [1.807, 2.05) is 0 Å². The molecule has 2 amide bonds. The maximum absolute atomic E-state index is 11.9. The first-order valence-corrected chi connectivity index (χ1v) is 5.45. The predicted molar refractivity (Wildman–Crippen MR) is 57.0 cm³/mol. The molecule has 0 radical (unpaired) electrons. The van der Waals surface area contributed by atoms with Gasteiger partial charge in [0, 0.05) is 33.1 Å². The van der Waals surface area contributed by atoms with Gasteiger partial charge in [-0.1, -0.05) is 5.16 Å². The van der Waals surface area contributed by atoms with Gasteiger partial charge in [0.2, 0.25) is 18.2 Å². The number of hydrogen-bond donors (Lipinski definition) is 0. The Bertz CT molecular complexity index is 409. The lowest BCUT2D eigenvalue weighted by Gasteiger charge is -2.32. The smallest absolute Gasteiger partial charge is 0.230 e. The Kier molecular flexibility index (Phi) is 3.36. The summed E-state index contributed by atoms with van der Waals surface area (Å²) in [6.07, 6.45) is 0.961. The first-order chi connectivity index (χ1) is 8.19. The van der Waals surface area contributed by atoms with E-state index in [0.717, 1.165) is 6.41 Å². The predicted octanol–water partition coefficient (Wildman–Crippen LogP) is -0.779. The minimum absolute atomic E-state index is 0.0312. The van der Waals surface area contributed by atoms with Crippen molar-refractivity contribution >= 4 is 12.3 Å². The second-order valence-corrected chi connectivity index (χ2v) is 3.93. The molecular formula is C10H14N4O3. The van der Waals surface area contributed by atoms with Gasteiger partial charge in [0.05, 0.1) is 6.42 Å². The first kappa shape index (κ1) is 11.6. The van der Waals surface area contributed by atoms with E-state index in [2.05, 4.69) is 10.1 Å². The van der Waals surface area contributed by atoms with Gasteiger partial charge in [-0.2, -0.15) is 4.98 Å². The fourth-order valence-electron chi connectivity index (χ4n) is 1.74. The number of carbonyl (C=O) groups excluding carboxylic acids is 2. The van der Waals surface area contributed by atoms with Crippen LogP contribution in [-0.4, -0.2) is 58.4 Å². The molecule has 0 aromatic carbocycles. The summed E-state index contributed by atoms with van der Waals surface area (Å²) in [5.41, 5.74) is 0. The van der Waals surface area contributed by atoms with Gasteiger partial charge in [-0.3, -0.25) is 9.59 Å². The molecule has 0 atom stereocenters. The molecule has 1 aliphatic heterocycles. The number of aromatic nitrogens is 2. The Morgan fingerprint density at radius 1 is 1.41 bits per heavy atom. The van der Waals surface area contributed by atoms with Crippen molar-refractivity contribution in [3.63, 3.8) is 0 Å². The molecular weight excluding hydrogens is 224 g/mol. The second kappa shape index (κ2) is 4.94. The van der Waals surface area contributed by atoms with Gasteiger partial charge in [-0.25, -0.2) is 0 Å². The van der Waals surface area contributed by atoms with Crippen LogP contribution in [0.2, 0.25) is 0 Å². The van der Waals surface area contributed by atoms with Crippen molar-refractivity contribution in [3.8, 4) is 0 Å². The lowest BCUT2D eigenvalue weighted by atomic mass is 10.3. The molecule has 0 spiro atoms. The normalized spacial score (nSPS) is 16.1. The fourth-order valence-corrected chi connectivity index (χ4v) is 1.74. The van der Waals surface area contributed by atoms with Gasteiger partial charge >= 0.3 is 0 Å². The number of piperazine rings is 1. The van der Waals surface area contributed by atoms with Crippen LogP contribution in [0.3, 0.4) is 0 Å². The molecule has 7 nitrogen and oxygen atoms in total. The highest BCUT2D eigenvalue weighted by atomic mass is 16.5. The number of aryl methyl sites for hydroxylation is 1. The fraction of sp³-hybridized carbons (Fsp3) is 0.600. The molecule has 1 aromatic rings. The molecule has 7 heteroatoms. The molecule has 2 heterocycles. The van der Waals surface area contributed by atoms with Crippen LogP contribution in [0, 0.1) is 6.92 Å². The Hall–Kier alpha value is -1.92. The van der Waals surface area contributed by atoms with Crippen molar-refractivity contribution in [2.75, 3.05) is 26.2 Å². The van der Waals surface area contributed by atoms with Crippen LogP contribution in [0.5, 0.6) is 0 Å². The number of hydrogen-bond acceptors (Lipinski definition) is 5. The van der Waals surface area contributed by atoms with E-state index in [4.69, 9.17) is 4.52 Å². The molecule has 0 unspecified atom stereocenters. The van der Waals surface area contributed by atoms with Crippen LogP contribution < -0.4 is 0 Å². The highest BCUT2D eigenvalue weighted by Gasteiger charge is 2.21. The minimum atomic E-state index is -0.0312. The van der Waals surface area contributed by atoms with E-state index in [1.54, 1.807) is 16.7 Å². The molecule has 0 bridgehead atoms. The third-order valence-corrected chi connectivity index (χ3v) is 2.70. The molecule has 0 aliphatic carbocycles. The van der Waals surface area contributed by atoms with Gasteiger partial charge in [0.25, 0.3) is 0 Å². The number of nitrogens with zero attached hydrogens (tertiary/aromatic N) is 4. The molecule has 1 saturated heterocycles. The Morgan fingerprint density at radius 3 is 2.65 bits per heavy atom. The lowest BCUT2D eigenvalue weighted by molar-refractivity contribution is -0.134. The van der Waals surface area contributed by atoms with Crippen LogP contribution in [0.1, 0.15) is 11.7 Å². The Labute approximate surface area is 98.4 Å². The summed E-state index contributed by atoms with van der Waals surface area (Å²) in [6.45, 7) is 3.98. The van der Waals surface area contributed by atoms with Gasteiger partial charge in [-0.15, -0.1) is 0 Å². The average molecular weight is 238 g/mol. The maximum Gasteiger partial charge on any atom is 0.230 e. The number of rotatable bonds is 3. The molecule has 2 rings (SSSR count). The highest BCUT2D eigenvalue weighted by molar-refractivity contribution is 5.78. The standard InChI is InChI=1S/C10H14N4O3/c1-8-11-9(12-17-8)6-10(16)14-4-2-13(7-15)3-5-14/h7H,2-6H2,1H3. The largest absolute Gasteiger partial charge is 0.342 e. The van der Waals surface area contributed by atoms with Gasteiger partial charge in [0.15, 0.2) is 5.82 Å². The molecule has 17 heavy (non-hydrogen) atoms. The Morgan fingerprint density at radius 2 is 2.12 bits per heavy atom. The van der Waals surface area contributed by atoms with Crippen molar-refractivity contribution in [1.29, 1.82) is 0 Å². The maximum atomic E-state index is 11.9. The van der Waals surface area contributed by atoms with Crippen LogP contribution >= 0.6 is 0 Å². The van der Waals surface area contributed by atoms with E-state index < -0.39 is 0 Å². The summed E-state index contributed by atoms with van der Waals surface area (Å²) in [4.78, 5) is 29.7. The summed E-state index contributed by atoms with van der Waals surface area (Å²) in [7, 11) is 0. The van der Waals surface area contributed by atoms with Crippen molar-refractivity contribution < 1.29 is 14.1 Å². The summed E-state index contributed by atoms with van der Waals surface area (Å²) in [6, 6.07) is 0. The zero-order valence-corrected chi connectivity index (χ0v) is 9.63. The van der Waals surface area contributed by atoms with Crippen LogP contribution in [0.25, 0.3) is 0 Å². The minimum Gasteiger partial charge on any atom is -0.342 e. The van der Waals surface area contributed by atoms with Gasteiger partial charge in [-0.05, 0) is 0 Å².